The van der Waals surface area contributed by atoms with Crippen LogP contribution >= 0.6 is 18.7 Å². The Morgan fingerprint density at radius 1 is 1.46 bits per heavy atom. The molecule has 3 nitrogen and oxygen atoms in total. The van der Waals surface area contributed by atoms with E-state index in [9.17, 15) is 4.57 Å². The van der Waals surface area contributed by atoms with Gasteiger partial charge in [-0.15, -0.1) is 0 Å². The minimum absolute atomic E-state index is 0.359. The van der Waals surface area contributed by atoms with Crippen molar-refractivity contribution in [2.24, 2.45) is 0 Å². The van der Waals surface area contributed by atoms with Crippen LogP contribution in [0, 0.1) is 0 Å². The topological polar surface area (TPSA) is 42.9 Å². The molecule has 0 aromatic carbocycles. The Morgan fingerprint density at radius 2 is 2.08 bits per heavy atom. The molecular formula is C8H15N2OPS. The Balaban J connectivity index is 2.75. The second-order valence-corrected chi connectivity index (χ2v) is 8.23. The monoisotopic (exact) mass is 218 g/mol. The molecule has 74 valence electrons. The number of rotatable bonds is 3. The molecule has 0 fully saturated rings. The zero-order valence-corrected chi connectivity index (χ0v) is 10.2. The molecule has 0 aliphatic rings. The molecule has 0 saturated heterocycles. The molecule has 13 heavy (non-hydrogen) atoms. The predicted molar refractivity (Wildman–Crippen MR) is 57.2 cm³/mol. The molecule has 1 aromatic rings. The van der Waals surface area contributed by atoms with Gasteiger partial charge in [-0.05, 0) is 24.9 Å². The summed E-state index contributed by atoms with van der Waals surface area (Å²) in [6.07, 6.45) is 0.581. The molecule has 1 aromatic heterocycles. The third-order valence-corrected chi connectivity index (χ3v) is 3.52. The Labute approximate surface area is 83.1 Å². The van der Waals surface area contributed by atoms with E-state index in [0.29, 0.717) is 12.1 Å². The number of hydrogen-bond donors (Lipinski definition) is 0. The van der Waals surface area contributed by atoms with Gasteiger partial charge in [-0.1, -0.05) is 13.8 Å². The molecule has 0 atom stereocenters. The van der Waals surface area contributed by atoms with Crippen LogP contribution in [0.5, 0.6) is 0 Å². The zero-order valence-electron chi connectivity index (χ0n) is 8.44. The van der Waals surface area contributed by atoms with Crippen molar-refractivity contribution in [1.29, 1.82) is 0 Å². The summed E-state index contributed by atoms with van der Waals surface area (Å²) in [4.78, 5) is 4.33. The van der Waals surface area contributed by atoms with Crippen molar-refractivity contribution in [3.05, 3.63) is 10.8 Å². The second-order valence-electron chi connectivity index (χ2n) is 3.93. The standard InChI is InChI=1S/C8H15N2OPS/c1-6(2)8-9-7(13-10-8)5-12(3,4)11/h6H,5H2,1-4H3. The average molecular weight is 218 g/mol. The van der Waals surface area contributed by atoms with Gasteiger partial charge in [0, 0.05) is 5.92 Å². The second kappa shape index (κ2) is 3.89. The smallest absolute Gasteiger partial charge is 0.145 e. The lowest BCUT2D eigenvalue weighted by Gasteiger charge is -2.01. The van der Waals surface area contributed by atoms with E-state index < -0.39 is 7.14 Å². The molecule has 0 N–H and O–H groups in total. The first-order valence-electron chi connectivity index (χ1n) is 4.25. The maximum atomic E-state index is 11.5. The van der Waals surface area contributed by atoms with Gasteiger partial charge < -0.3 is 4.57 Å². The molecular weight excluding hydrogens is 203 g/mol. The van der Waals surface area contributed by atoms with Gasteiger partial charge in [-0.3, -0.25) is 0 Å². The quantitative estimate of drug-likeness (QED) is 0.732. The molecule has 0 amide bonds. The molecule has 0 saturated carbocycles. The van der Waals surface area contributed by atoms with Crippen LogP contribution in [0.25, 0.3) is 0 Å². The molecule has 1 rings (SSSR count). The molecule has 0 spiro atoms. The van der Waals surface area contributed by atoms with Crippen molar-refractivity contribution in [1.82, 2.24) is 9.36 Å². The van der Waals surface area contributed by atoms with E-state index in [1.807, 2.05) is 0 Å². The van der Waals surface area contributed by atoms with Crippen molar-refractivity contribution in [3.63, 3.8) is 0 Å². The van der Waals surface area contributed by atoms with Gasteiger partial charge in [-0.2, -0.15) is 4.37 Å². The number of hydrogen-bond acceptors (Lipinski definition) is 4. The first-order chi connectivity index (χ1) is 5.88. The van der Waals surface area contributed by atoms with Crippen LogP contribution in [0.15, 0.2) is 0 Å². The first kappa shape index (κ1) is 10.9. The van der Waals surface area contributed by atoms with Crippen LogP contribution in [0.3, 0.4) is 0 Å². The SMILES string of the molecule is CC(C)c1nsc(CP(C)(C)=O)n1. The largest absolute Gasteiger partial charge is 0.324 e. The molecule has 0 unspecified atom stereocenters. The van der Waals surface area contributed by atoms with E-state index in [-0.39, 0.29) is 0 Å². The van der Waals surface area contributed by atoms with Crippen LogP contribution < -0.4 is 0 Å². The molecule has 5 heteroatoms. The van der Waals surface area contributed by atoms with E-state index in [4.69, 9.17) is 0 Å². The number of nitrogens with zero attached hydrogens (tertiary/aromatic N) is 2. The highest BCUT2D eigenvalue weighted by Gasteiger charge is 2.13. The third kappa shape index (κ3) is 3.57. The summed E-state index contributed by atoms with van der Waals surface area (Å²) in [7, 11) is -2.00. The Hall–Kier alpha value is -0.210. The Kier molecular flexibility index (Phi) is 3.25. The van der Waals surface area contributed by atoms with Crippen LogP contribution in [-0.2, 0) is 10.7 Å². The Morgan fingerprint density at radius 3 is 2.46 bits per heavy atom. The van der Waals surface area contributed by atoms with Crippen LogP contribution in [0.4, 0.5) is 0 Å². The van der Waals surface area contributed by atoms with Crippen molar-refractivity contribution >= 4 is 18.7 Å². The zero-order chi connectivity index (χ0) is 10.1. The molecule has 0 aliphatic carbocycles. The summed E-state index contributed by atoms with van der Waals surface area (Å²) < 4.78 is 15.7. The van der Waals surface area contributed by atoms with Crippen LogP contribution in [0.1, 0.15) is 30.6 Å². The fraction of sp³-hybridized carbons (Fsp3) is 0.750. The van der Waals surface area contributed by atoms with E-state index in [1.165, 1.54) is 11.5 Å². The van der Waals surface area contributed by atoms with Crippen LogP contribution in [-0.4, -0.2) is 22.7 Å². The normalized spacial score (nSPS) is 12.4. The highest BCUT2D eigenvalue weighted by Crippen LogP contribution is 2.40. The minimum Gasteiger partial charge on any atom is -0.324 e. The lowest BCUT2D eigenvalue weighted by Crippen LogP contribution is -1.91. The summed E-state index contributed by atoms with van der Waals surface area (Å²) in [5, 5.41) is 0.900. The summed E-state index contributed by atoms with van der Waals surface area (Å²) in [5.41, 5.74) is 0. The lowest BCUT2D eigenvalue weighted by atomic mass is 10.2. The fourth-order valence-corrected chi connectivity index (χ4v) is 3.36. The minimum atomic E-state index is -2.00. The van der Waals surface area contributed by atoms with Gasteiger partial charge in [0.2, 0.25) is 0 Å². The van der Waals surface area contributed by atoms with Gasteiger partial charge in [-0.25, -0.2) is 4.98 Å². The summed E-state index contributed by atoms with van der Waals surface area (Å²) in [6.45, 7) is 7.68. The third-order valence-electron chi connectivity index (χ3n) is 1.52. The maximum absolute atomic E-state index is 11.5. The van der Waals surface area contributed by atoms with E-state index in [1.54, 1.807) is 13.3 Å². The van der Waals surface area contributed by atoms with Crippen molar-refractivity contribution in [2.75, 3.05) is 13.3 Å². The lowest BCUT2D eigenvalue weighted by molar-refractivity contribution is 0.581. The predicted octanol–water partition coefficient (Wildman–Crippen LogP) is 2.78. The molecule has 1 heterocycles. The highest BCUT2D eigenvalue weighted by atomic mass is 32.1. The van der Waals surface area contributed by atoms with Crippen molar-refractivity contribution in [2.45, 2.75) is 25.9 Å². The molecule has 0 aliphatic heterocycles. The summed E-state index contributed by atoms with van der Waals surface area (Å²) in [6, 6.07) is 0. The number of aromatic nitrogens is 2. The van der Waals surface area contributed by atoms with Gasteiger partial charge in [0.1, 0.15) is 10.8 Å². The fourth-order valence-electron chi connectivity index (χ4n) is 0.893. The molecule has 0 bridgehead atoms. The van der Waals surface area contributed by atoms with Crippen molar-refractivity contribution < 1.29 is 4.57 Å². The van der Waals surface area contributed by atoms with E-state index in [0.717, 1.165) is 10.8 Å². The van der Waals surface area contributed by atoms with Gasteiger partial charge in [0.05, 0.1) is 13.3 Å². The first-order valence-corrected chi connectivity index (χ1v) is 7.81. The van der Waals surface area contributed by atoms with E-state index >= 15 is 0 Å². The Bertz CT molecular complexity index is 329. The van der Waals surface area contributed by atoms with Gasteiger partial charge in [0.25, 0.3) is 0 Å². The highest BCUT2D eigenvalue weighted by molar-refractivity contribution is 7.61. The van der Waals surface area contributed by atoms with Gasteiger partial charge in [0.15, 0.2) is 0 Å². The summed E-state index contributed by atoms with van der Waals surface area (Å²) >= 11 is 1.37. The van der Waals surface area contributed by atoms with Gasteiger partial charge >= 0.3 is 0 Å². The summed E-state index contributed by atoms with van der Waals surface area (Å²) in [5.74, 6) is 1.23. The van der Waals surface area contributed by atoms with Crippen molar-refractivity contribution in [3.8, 4) is 0 Å². The van der Waals surface area contributed by atoms with Crippen LogP contribution in [0.2, 0.25) is 0 Å². The average Bonchev–Trinajstić information content (AvgIpc) is 2.31. The molecule has 0 radical (unpaired) electrons. The van der Waals surface area contributed by atoms with E-state index in [2.05, 4.69) is 23.2 Å². The maximum Gasteiger partial charge on any atom is 0.145 e.